The van der Waals surface area contributed by atoms with Crippen molar-refractivity contribution in [2.75, 3.05) is 5.32 Å². The number of nitro groups is 1. The topological polar surface area (TPSA) is 108 Å². The van der Waals surface area contributed by atoms with Gasteiger partial charge >= 0.3 is 5.82 Å². The fourth-order valence-corrected chi connectivity index (χ4v) is 3.12. The van der Waals surface area contributed by atoms with Gasteiger partial charge in [-0.1, -0.05) is 29.8 Å². The van der Waals surface area contributed by atoms with Crippen LogP contribution in [0.3, 0.4) is 0 Å². The Bertz CT molecular complexity index is 1050. The van der Waals surface area contributed by atoms with Crippen LogP contribution in [-0.2, 0) is 17.9 Å². The van der Waals surface area contributed by atoms with E-state index in [2.05, 4.69) is 39.8 Å². The lowest BCUT2D eigenvalue weighted by atomic mass is 10.1. The smallest absolute Gasteiger partial charge is 0.358 e. The lowest BCUT2D eigenvalue weighted by Gasteiger charge is -2.08. The van der Waals surface area contributed by atoms with Crippen LogP contribution in [0.2, 0.25) is 0 Å². The second-order valence-electron chi connectivity index (χ2n) is 7.11. The van der Waals surface area contributed by atoms with Crippen LogP contribution in [-0.4, -0.2) is 30.4 Å². The number of amides is 1. The highest BCUT2D eigenvalue weighted by molar-refractivity contribution is 5.91. The molecule has 0 aliphatic heterocycles. The third-order valence-electron chi connectivity index (χ3n) is 4.80. The molecule has 152 valence electrons. The molecule has 0 saturated heterocycles. The molecule has 2 aromatic heterocycles. The van der Waals surface area contributed by atoms with Gasteiger partial charge in [-0.25, -0.2) is 0 Å². The van der Waals surface area contributed by atoms with Gasteiger partial charge in [-0.05, 0) is 38.2 Å². The molecule has 0 bridgehead atoms. The number of nitrogens with one attached hydrogen (secondary N) is 1. The van der Waals surface area contributed by atoms with Gasteiger partial charge in [0.1, 0.15) is 0 Å². The van der Waals surface area contributed by atoms with Gasteiger partial charge in [-0.15, -0.1) is 0 Å². The molecule has 0 aliphatic rings. The van der Waals surface area contributed by atoms with Gasteiger partial charge < -0.3 is 15.4 Å². The molecule has 0 aliphatic carbocycles. The maximum absolute atomic E-state index is 12.4. The average molecular weight is 396 g/mol. The maximum atomic E-state index is 12.4. The number of nitrogens with zero attached hydrogens (tertiary/aromatic N) is 5. The van der Waals surface area contributed by atoms with Crippen molar-refractivity contribution < 1.29 is 9.72 Å². The van der Waals surface area contributed by atoms with E-state index in [4.69, 9.17) is 0 Å². The number of rotatable bonds is 7. The largest absolute Gasteiger partial charge is 0.390 e. The van der Waals surface area contributed by atoms with Crippen molar-refractivity contribution in [3.05, 3.63) is 68.7 Å². The minimum atomic E-state index is -0.543. The molecule has 3 aromatic rings. The van der Waals surface area contributed by atoms with E-state index in [1.807, 2.05) is 25.5 Å². The Morgan fingerprint density at radius 3 is 2.41 bits per heavy atom. The molecule has 0 spiro atoms. The first kappa shape index (κ1) is 20.2. The van der Waals surface area contributed by atoms with Crippen LogP contribution < -0.4 is 5.32 Å². The summed E-state index contributed by atoms with van der Waals surface area (Å²) in [6.45, 7) is 8.44. The van der Waals surface area contributed by atoms with E-state index in [0.29, 0.717) is 17.9 Å². The maximum Gasteiger partial charge on any atom is 0.390 e. The normalized spacial score (nSPS) is 10.9. The molecule has 0 fully saturated rings. The first-order valence-corrected chi connectivity index (χ1v) is 9.33. The van der Waals surface area contributed by atoms with Crippen LogP contribution >= 0.6 is 0 Å². The minimum absolute atomic E-state index is 0.154. The van der Waals surface area contributed by atoms with E-state index in [1.165, 1.54) is 16.3 Å². The molecule has 9 nitrogen and oxygen atoms in total. The standard InChI is InChI=1S/C20H24N6O3/c1-13-5-7-17(8-6-13)12-25-16(4)20(15(3)22-25)21-19(27)9-10-24-14(2)11-18(23-24)26(28)29/h5-8,11H,9-10,12H2,1-4H3,(H,21,27). The van der Waals surface area contributed by atoms with Gasteiger partial charge in [0.2, 0.25) is 5.91 Å². The van der Waals surface area contributed by atoms with Gasteiger partial charge in [-0.2, -0.15) is 9.78 Å². The van der Waals surface area contributed by atoms with Crippen molar-refractivity contribution in [2.24, 2.45) is 0 Å². The summed E-state index contributed by atoms with van der Waals surface area (Å²) < 4.78 is 3.34. The Morgan fingerprint density at radius 1 is 1.10 bits per heavy atom. The van der Waals surface area contributed by atoms with Crippen molar-refractivity contribution in [1.29, 1.82) is 0 Å². The van der Waals surface area contributed by atoms with Crippen LogP contribution in [0.25, 0.3) is 0 Å². The zero-order chi connectivity index (χ0) is 21.1. The minimum Gasteiger partial charge on any atom is -0.358 e. The summed E-state index contributed by atoms with van der Waals surface area (Å²) in [6, 6.07) is 9.64. The van der Waals surface area contributed by atoms with Crippen LogP contribution in [0.1, 0.15) is 34.6 Å². The number of aryl methyl sites for hydroxylation is 4. The second-order valence-corrected chi connectivity index (χ2v) is 7.11. The summed E-state index contributed by atoms with van der Waals surface area (Å²) in [5.74, 6) is -0.407. The van der Waals surface area contributed by atoms with Crippen molar-refractivity contribution >= 4 is 17.4 Å². The molecular weight excluding hydrogens is 372 g/mol. The van der Waals surface area contributed by atoms with Crippen molar-refractivity contribution in [2.45, 2.75) is 47.2 Å². The SMILES string of the molecule is Cc1ccc(Cn2nc(C)c(NC(=O)CCn3nc([N+](=O)[O-])cc3C)c2C)cc1. The van der Waals surface area contributed by atoms with E-state index in [-0.39, 0.29) is 24.7 Å². The first-order chi connectivity index (χ1) is 13.7. The van der Waals surface area contributed by atoms with E-state index in [1.54, 1.807) is 6.92 Å². The third kappa shape index (κ3) is 4.68. The van der Waals surface area contributed by atoms with Gasteiger partial charge in [0, 0.05) is 6.42 Å². The number of carbonyl (C=O) groups is 1. The summed E-state index contributed by atoms with van der Waals surface area (Å²) in [6.07, 6.45) is 0.154. The molecule has 1 amide bonds. The van der Waals surface area contributed by atoms with E-state index in [9.17, 15) is 14.9 Å². The molecule has 2 heterocycles. The monoisotopic (exact) mass is 396 g/mol. The van der Waals surface area contributed by atoms with Crippen LogP contribution in [0, 0.1) is 37.8 Å². The highest BCUT2D eigenvalue weighted by Gasteiger charge is 2.18. The molecule has 0 unspecified atom stereocenters. The Hall–Kier alpha value is -3.49. The Kier molecular flexibility index (Phi) is 5.76. The second kappa shape index (κ2) is 8.26. The molecule has 29 heavy (non-hydrogen) atoms. The zero-order valence-corrected chi connectivity index (χ0v) is 17.0. The Labute approximate surface area is 168 Å². The van der Waals surface area contributed by atoms with Gasteiger partial charge in [0.05, 0.1) is 47.0 Å². The van der Waals surface area contributed by atoms with E-state index >= 15 is 0 Å². The van der Waals surface area contributed by atoms with E-state index in [0.717, 1.165) is 17.0 Å². The summed E-state index contributed by atoms with van der Waals surface area (Å²) in [7, 11) is 0. The lowest BCUT2D eigenvalue weighted by Crippen LogP contribution is -2.16. The van der Waals surface area contributed by atoms with E-state index < -0.39 is 4.92 Å². The van der Waals surface area contributed by atoms with Crippen LogP contribution in [0.4, 0.5) is 11.5 Å². The molecule has 9 heteroatoms. The lowest BCUT2D eigenvalue weighted by molar-refractivity contribution is -0.389. The van der Waals surface area contributed by atoms with Crippen LogP contribution in [0.5, 0.6) is 0 Å². The van der Waals surface area contributed by atoms with Crippen molar-refractivity contribution in [1.82, 2.24) is 19.6 Å². The fraction of sp³-hybridized carbons (Fsp3) is 0.350. The quantitative estimate of drug-likeness (QED) is 0.487. The third-order valence-corrected chi connectivity index (χ3v) is 4.80. The number of carbonyl (C=O) groups excluding carboxylic acids is 1. The number of hydrogen-bond acceptors (Lipinski definition) is 5. The van der Waals surface area contributed by atoms with Crippen LogP contribution in [0.15, 0.2) is 30.3 Å². The molecular formula is C20H24N6O3. The summed E-state index contributed by atoms with van der Waals surface area (Å²) >= 11 is 0. The predicted molar refractivity (Wildman–Crippen MR) is 109 cm³/mol. The number of hydrogen-bond donors (Lipinski definition) is 1. The van der Waals surface area contributed by atoms with Gasteiger partial charge in [-0.3, -0.25) is 9.48 Å². The average Bonchev–Trinajstić information content (AvgIpc) is 3.17. The Balaban J connectivity index is 1.65. The molecule has 0 radical (unpaired) electrons. The molecule has 3 rings (SSSR count). The number of anilines is 1. The Morgan fingerprint density at radius 2 is 1.79 bits per heavy atom. The highest BCUT2D eigenvalue weighted by atomic mass is 16.6. The predicted octanol–water partition coefficient (Wildman–Crippen LogP) is 3.30. The molecule has 1 N–H and O–H groups in total. The van der Waals surface area contributed by atoms with Gasteiger partial charge in [0.25, 0.3) is 0 Å². The number of aromatic nitrogens is 4. The first-order valence-electron chi connectivity index (χ1n) is 9.33. The molecule has 1 aromatic carbocycles. The fourth-order valence-electron chi connectivity index (χ4n) is 3.12. The summed E-state index contributed by atoms with van der Waals surface area (Å²) in [5, 5.41) is 22.2. The highest BCUT2D eigenvalue weighted by Crippen LogP contribution is 2.21. The number of benzene rings is 1. The summed E-state index contributed by atoms with van der Waals surface area (Å²) in [4.78, 5) is 22.7. The van der Waals surface area contributed by atoms with Crippen molar-refractivity contribution in [3.63, 3.8) is 0 Å². The molecule has 0 saturated carbocycles. The van der Waals surface area contributed by atoms with Gasteiger partial charge in [0.15, 0.2) is 0 Å². The van der Waals surface area contributed by atoms with Crippen molar-refractivity contribution in [3.8, 4) is 0 Å². The zero-order valence-electron chi connectivity index (χ0n) is 17.0. The molecule has 0 atom stereocenters. The summed E-state index contributed by atoms with van der Waals surface area (Å²) in [5.41, 5.74) is 5.30.